The molecule has 1 saturated heterocycles. The van der Waals surface area contributed by atoms with Crippen LogP contribution in [0.5, 0.6) is 0 Å². The zero-order valence-corrected chi connectivity index (χ0v) is 9.04. The van der Waals surface area contributed by atoms with Crippen molar-refractivity contribution in [3.8, 4) is 0 Å². The molecule has 1 unspecified atom stereocenters. The maximum atomic E-state index is 9.34. The molecule has 1 heterocycles. The largest absolute Gasteiger partial charge is 0.389 e. The highest BCUT2D eigenvalue weighted by atomic mass is 16.5. The van der Waals surface area contributed by atoms with Crippen LogP contribution in [0.1, 0.15) is 12.8 Å². The third kappa shape index (κ3) is 4.91. The molecule has 0 aliphatic carbocycles. The van der Waals surface area contributed by atoms with Gasteiger partial charge in [-0.1, -0.05) is 0 Å². The van der Waals surface area contributed by atoms with Gasteiger partial charge in [0.2, 0.25) is 0 Å². The van der Waals surface area contributed by atoms with Gasteiger partial charge < -0.3 is 20.1 Å². The quantitative estimate of drug-likeness (QED) is 0.555. The first kappa shape index (κ1) is 11.9. The van der Waals surface area contributed by atoms with Gasteiger partial charge in [-0.15, -0.1) is 0 Å². The Kier molecular flexibility index (Phi) is 6.10. The number of hydrogen-bond donors (Lipinski definition) is 2. The molecule has 2 N–H and O–H groups in total. The van der Waals surface area contributed by atoms with Crippen molar-refractivity contribution in [1.29, 1.82) is 0 Å². The maximum Gasteiger partial charge on any atom is 0.0897 e. The maximum absolute atomic E-state index is 9.34. The summed E-state index contributed by atoms with van der Waals surface area (Å²) in [7, 11) is 1.60. The molecule has 0 spiro atoms. The highest BCUT2D eigenvalue weighted by molar-refractivity contribution is 4.67. The van der Waals surface area contributed by atoms with E-state index in [0.29, 0.717) is 13.2 Å². The molecular weight excluding hydrogens is 180 g/mol. The fourth-order valence-electron chi connectivity index (χ4n) is 1.76. The van der Waals surface area contributed by atoms with Crippen LogP contribution in [0.4, 0.5) is 0 Å². The first-order chi connectivity index (χ1) is 6.83. The van der Waals surface area contributed by atoms with E-state index in [1.807, 2.05) is 0 Å². The average molecular weight is 202 g/mol. The predicted molar refractivity (Wildman–Crippen MR) is 56.4 cm³/mol. The van der Waals surface area contributed by atoms with Crippen LogP contribution in [0.15, 0.2) is 0 Å². The van der Waals surface area contributed by atoms with Gasteiger partial charge in [-0.3, -0.25) is 0 Å². The molecule has 0 aromatic carbocycles. The number of nitrogens with zero attached hydrogens (tertiary/aromatic N) is 1. The Morgan fingerprint density at radius 2 is 2.14 bits per heavy atom. The van der Waals surface area contributed by atoms with E-state index in [-0.39, 0.29) is 6.10 Å². The average Bonchev–Trinajstić information content (AvgIpc) is 2.65. The number of hydrogen-bond acceptors (Lipinski definition) is 4. The van der Waals surface area contributed by atoms with Crippen LogP contribution < -0.4 is 5.32 Å². The minimum absolute atomic E-state index is 0.376. The first-order valence-electron chi connectivity index (χ1n) is 5.43. The highest BCUT2D eigenvalue weighted by Gasteiger charge is 2.10. The number of rotatable bonds is 7. The van der Waals surface area contributed by atoms with Crippen molar-refractivity contribution in [2.45, 2.75) is 18.9 Å². The van der Waals surface area contributed by atoms with E-state index in [2.05, 4.69) is 10.2 Å². The summed E-state index contributed by atoms with van der Waals surface area (Å²) in [6.45, 7) is 5.57. The molecule has 14 heavy (non-hydrogen) atoms. The summed E-state index contributed by atoms with van der Waals surface area (Å²) in [4.78, 5) is 2.45. The van der Waals surface area contributed by atoms with Crippen molar-refractivity contribution < 1.29 is 9.84 Å². The summed E-state index contributed by atoms with van der Waals surface area (Å²) < 4.78 is 4.83. The Bertz CT molecular complexity index is 138. The van der Waals surface area contributed by atoms with Gasteiger partial charge in [0.25, 0.3) is 0 Å². The topological polar surface area (TPSA) is 44.7 Å². The number of aliphatic hydroxyl groups is 1. The molecule has 1 rings (SSSR count). The molecule has 4 heteroatoms. The lowest BCUT2D eigenvalue weighted by molar-refractivity contribution is 0.0643. The number of ether oxygens (including phenoxy) is 1. The summed E-state index contributed by atoms with van der Waals surface area (Å²) in [5, 5.41) is 12.6. The van der Waals surface area contributed by atoms with Crippen LogP contribution in [-0.2, 0) is 4.74 Å². The van der Waals surface area contributed by atoms with Gasteiger partial charge in [-0.25, -0.2) is 0 Å². The van der Waals surface area contributed by atoms with Crippen LogP contribution in [-0.4, -0.2) is 62.6 Å². The van der Waals surface area contributed by atoms with Crippen LogP contribution >= 0.6 is 0 Å². The van der Waals surface area contributed by atoms with Crippen LogP contribution in [0, 0.1) is 0 Å². The lowest BCUT2D eigenvalue weighted by Crippen LogP contribution is -2.35. The molecule has 84 valence electrons. The number of nitrogens with one attached hydrogen (secondary N) is 1. The molecule has 0 radical (unpaired) electrons. The summed E-state index contributed by atoms with van der Waals surface area (Å²) in [5.41, 5.74) is 0. The molecule has 1 aliphatic rings. The Hall–Kier alpha value is -0.160. The van der Waals surface area contributed by atoms with Crippen LogP contribution in [0.3, 0.4) is 0 Å². The van der Waals surface area contributed by atoms with Crippen LogP contribution in [0.2, 0.25) is 0 Å². The van der Waals surface area contributed by atoms with Gasteiger partial charge in [0.1, 0.15) is 0 Å². The van der Waals surface area contributed by atoms with Gasteiger partial charge in [0.15, 0.2) is 0 Å². The van der Waals surface area contributed by atoms with Crippen molar-refractivity contribution in [2.75, 3.05) is 46.4 Å². The monoisotopic (exact) mass is 202 g/mol. The molecule has 0 saturated carbocycles. The standard InChI is InChI=1S/C10H22N2O2/c1-14-9-10(13)8-11-4-7-12-5-2-3-6-12/h10-11,13H,2-9H2,1H3. The molecule has 0 aromatic heterocycles. The molecule has 1 fully saturated rings. The lowest BCUT2D eigenvalue weighted by atomic mass is 10.4. The van der Waals surface area contributed by atoms with Gasteiger partial charge in [-0.05, 0) is 25.9 Å². The Labute approximate surface area is 86.2 Å². The van der Waals surface area contributed by atoms with Gasteiger partial charge in [0.05, 0.1) is 12.7 Å². The molecule has 4 nitrogen and oxygen atoms in total. The second-order valence-corrected chi connectivity index (χ2v) is 3.86. The minimum atomic E-state index is -0.376. The van der Waals surface area contributed by atoms with Crippen LogP contribution in [0.25, 0.3) is 0 Å². The first-order valence-corrected chi connectivity index (χ1v) is 5.43. The minimum Gasteiger partial charge on any atom is -0.389 e. The fraction of sp³-hybridized carbons (Fsp3) is 1.00. The van der Waals surface area contributed by atoms with E-state index in [9.17, 15) is 5.11 Å². The molecule has 0 amide bonds. The second-order valence-electron chi connectivity index (χ2n) is 3.86. The Balaban J connectivity index is 1.88. The number of methoxy groups -OCH3 is 1. The smallest absolute Gasteiger partial charge is 0.0897 e. The van der Waals surface area contributed by atoms with Crippen molar-refractivity contribution in [2.24, 2.45) is 0 Å². The predicted octanol–water partition coefficient (Wildman–Crippen LogP) is -0.321. The van der Waals surface area contributed by atoms with Gasteiger partial charge >= 0.3 is 0 Å². The zero-order valence-electron chi connectivity index (χ0n) is 9.04. The third-order valence-electron chi connectivity index (χ3n) is 2.54. The van der Waals surface area contributed by atoms with E-state index in [1.54, 1.807) is 7.11 Å². The normalized spacial score (nSPS) is 20.1. The van der Waals surface area contributed by atoms with E-state index in [0.717, 1.165) is 13.1 Å². The van der Waals surface area contributed by atoms with Crippen molar-refractivity contribution in [3.05, 3.63) is 0 Å². The summed E-state index contributed by atoms with van der Waals surface area (Å²) >= 11 is 0. The van der Waals surface area contributed by atoms with Gasteiger partial charge in [0, 0.05) is 26.7 Å². The van der Waals surface area contributed by atoms with Crippen molar-refractivity contribution >= 4 is 0 Å². The van der Waals surface area contributed by atoms with Crippen molar-refractivity contribution in [3.63, 3.8) is 0 Å². The summed E-state index contributed by atoms with van der Waals surface area (Å²) in [6.07, 6.45) is 2.30. The zero-order chi connectivity index (χ0) is 10.2. The highest BCUT2D eigenvalue weighted by Crippen LogP contribution is 2.05. The van der Waals surface area contributed by atoms with E-state index < -0.39 is 0 Å². The van der Waals surface area contributed by atoms with E-state index in [4.69, 9.17) is 4.74 Å². The Morgan fingerprint density at radius 3 is 2.79 bits per heavy atom. The number of aliphatic hydroxyl groups excluding tert-OH is 1. The molecule has 0 bridgehead atoms. The fourth-order valence-corrected chi connectivity index (χ4v) is 1.76. The van der Waals surface area contributed by atoms with E-state index >= 15 is 0 Å². The molecule has 1 atom stereocenters. The molecule has 0 aromatic rings. The molecular formula is C10H22N2O2. The second kappa shape index (κ2) is 7.17. The Morgan fingerprint density at radius 1 is 1.43 bits per heavy atom. The van der Waals surface area contributed by atoms with Crippen molar-refractivity contribution in [1.82, 2.24) is 10.2 Å². The third-order valence-corrected chi connectivity index (χ3v) is 2.54. The lowest BCUT2D eigenvalue weighted by Gasteiger charge is -2.16. The molecule has 1 aliphatic heterocycles. The number of likely N-dealkylation sites (tertiary alicyclic amines) is 1. The SMILES string of the molecule is COCC(O)CNCCN1CCCC1. The summed E-state index contributed by atoms with van der Waals surface area (Å²) in [6, 6.07) is 0. The van der Waals surface area contributed by atoms with E-state index in [1.165, 1.54) is 25.9 Å². The summed E-state index contributed by atoms with van der Waals surface area (Å²) in [5.74, 6) is 0. The van der Waals surface area contributed by atoms with Gasteiger partial charge in [-0.2, -0.15) is 0 Å².